The summed E-state index contributed by atoms with van der Waals surface area (Å²) in [5.41, 5.74) is 6.63. The van der Waals surface area contributed by atoms with Crippen molar-refractivity contribution in [2.75, 3.05) is 0 Å². The fraction of sp³-hybridized carbons (Fsp3) is 0.828. The summed E-state index contributed by atoms with van der Waals surface area (Å²) in [6.07, 6.45) is 28.2. The number of aromatic amines is 1. The van der Waals surface area contributed by atoms with Gasteiger partial charge in [-0.05, 0) is 68.8 Å². The van der Waals surface area contributed by atoms with E-state index < -0.39 is 0 Å². The summed E-state index contributed by atoms with van der Waals surface area (Å²) >= 11 is 0. The Bertz CT molecular complexity index is 828. The van der Waals surface area contributed by atoms with Gasteiger partial charge in [-0.2, -0.15) is 0 Å². The zero-order chi connectivity index (χ0) is 21.3. The van der Waals surface area contributed by atoms with Crippen LogP contribution in [0.3, 0.4) is 0 Å². The molecule has 0 aromatic carbocycles. The van der Waals surface area contributed by atoms with Crippen LogP contribution in [0.25, 0.3) is 5.65 Å². The maximum Gasteiger partial charge on any atom is 0.157 e. The van der Waals surface area contributed by atoms with E-state index in [0.717, 1.165) is 17.8 Å². The molecule has 1 N–H and O–H groups in total. The molecule has 0 unspecified atom stereocenters. The van der Waals surface area contributed by atoms with Gasteiger partial charge in [0.15, 0.2) is 5.65 Å². The van der Waals surface area contributed by atoms with E-state index in [-0.39, 0.29) is 0 Å². The van der Waals surface area contributed by atoms with Gasteiger partial charge in [0.25, 0.3) is 0 Å². The largest absolute Gasteiger partial charge is 0.279 e. The molecule has 4 aliphatic carbocycles. The second kappa shape index (κ2) is 9.55. The van der Waals surface area contributed by atoms with Crippen molar-refractivity contribution < 1.29 is 0 Å². The summed E-state index contributed by atoms with van der Waals surface area (Å²) in [5, 5.41) is 3.98. The molecule has 0 amide bonds. The van der Waals surface area contributed by atoms with Gasteiger partial charge in [0.2, 0.25) is 0 Å². The molecule has 6 rings (SSSR count). The van der Waals surface area contributed by atoms with Gasteiger partial charge >= 0.3 is 0 Å². The van der Waals surface area contributed by atoms with Gasteiger partial charge in [-0.1, -0.05) is 77.0 Å². The maximum absolute atomic E-state index is 5.49. The Balaban J connectivity index is 1.51. The monoisotopic (exact) mass is 435 g/mol. The molecule has 4 aliphatic rings. The van der Waals surface area contributed by atoms with Crippen molar-refractivity contribution in [2.45, 2.75) is 152 Å². The number of aromatic nitrogens is 3. The number of H-pyrrole nitrogens is 1. The number of hydrogen-bond donors (Lipinski definition) is 1. The molecule has 2 aromatic heterocycles. The third kappa shape index (κ3) is 3.96. The average Bonchev–Trinajstić information content (AvgIpc) is 3.43. The Morgan fingerprint density at radius 1 is 0.500 bits per heavy atom. The highest BCUT2D eigenvalue weighted by Gasteiger charge is 2.36. The van der Waals surface area contributed by atoms with Crippen molar-refractivity contribution in [1.82, 2.24) is 14.6 Å². The molecule has 0 bridgehead atoms. The predicted molar refractivity (Wildman–Crippen MR) is 133 cm³/mol. The Morgan fingerprint density at radius 3 is 1.47 bits per heavy atom. The zero-order valence-electron chi connectivity index (χ0n) is 20.3. The fourth-order valence-corrected chi connectivity index (χ4v) is 8.04. The van der Waals surface area contributed by atoms with Crippen molar-refractivity contribution in [3.8, 4) is 0 Å². The molecular formula is C29H45N3. The Kier molecular flexibility index (Phi) is 6.35. The highest BCUT2D eigenvalue weighted by atomic mass is 15.3. The smallest absolute Gasteiger partial charge is 0.157 e. The topological polar surface area (TPSA) is 33.1 Å². The molecule has 0 atom stereocenters. The van der Waals surface area contributed by atoms with E-state index >= 15 is 0 Å². The van der Waals surface area contributed by atoms with Crippen molar-refractivity contribution >= 4 is 5.65 Å². The summed E-state index contributed by atoms with van der Waals surface area (Å²) in [7, 11) is 0. The summed E-state index contributed by atoms with van der Waals surface area (Å²) in [6, 6.07) is 0. The third-order valence-corrected chi connectivity index (χ3v) is 9.72. The van der Waals surface area contributed by atoms with E-state index in [1.807, 2.05) is 5.56 Å². The van der Waals surface area contributed by atoms with Crippen LogP contribution in [0.1, 0.15) is 175 Å². The van der Waals surface area contributed by atoms with Crippen LogP contribution in [0.2, 0.25) is 0 Å². The van der Waals surface area contributed by atoms with Gasteiger partial charge in [0, 0.05) is 23.1 Å². The van der Waals surface area contributed by atoms with Gasteiger partial charge < -0.3 is 0 Å². The molecule has 0 spiro atoms. The van der Waals surface area contributed by atoms with Gasteiger partial charge in [-0.25, -0.2) is 9.50 Å². The van der Waals surface area contributed by atoms with Gasteiger partial charge in [-0.3, -0.25) is 5.10 Å². The predicted octanol–water partition coefficient (Wildman–Crippen LogP) is 8.85. The molecule has 4 fully saturated rings. The first-order chi connectivity index (χ1) is 15.9. The third-order valence-electron chi connectivity index (χ3n) is 9.72. The molecule has 2 heterocycles. The number of nitrogens with one attached hydrogen (secondary N) is 1. The van der Waals surface area contributed by atoms with E-state index in [9.17, 15) is 0 Å². The van der Waals surface area contributed by atoms with E-state index in [1.165, 1.54) is 140 Å². The van der Waals surface area contributed by atoms with Crippen LogP contribution < -0.4 is 0 Å². The highest BCUT2D eigenvalue weighted by Crippen LogP contribution is 2.49. The molecule has 0 saturated heterocycles. The molecule has 176 valence electrons. The Hall–Kier alpha value is -1.25. The molecule has 3 heteroatoms. The first-order valence-electron chi connectivity index (χ1n) is 14.5. The second-order valence-electron chi connectivity index (χ2n) is 11.8. The lowest BCUT2D eigenvalue weighted by Gasteiger charge is -2.30. The summed E-state index contributed by atoms with van der Waals surface area (Å²) in [4.78, 5) is 5.49. The van der Waals surface area contributed by atoms with Crippen molar-refractivity contribution in [3.63, 3.8) is 0 Å². The molecule has 2 aromatic rings. The van der Waals surface area contributed by atoms with Crippen LogP contribution in [-0.4, -0.2) is 14.6 Å². The van der Waals surface area contributed by atoms with E-state index in [4.69, 9.17) is 4.98 Å². The minimum atomic E-state index is 0.667. The zero-order valence-corrected chi connectivity index (χ0v) is 20.3. The van der Waals surface area contributed by atoms with Crippen molar-refractivity contribution in [2.24, 2.45) is 0 Å². The van der Waals surface area contributed by atoms with Crippen LogP contribution >= 0.6 is 0 Å². The number of fused-ring (bicyclic) bond motifs is 1. The lowest BCUT2D eigenvalue weighted by molar-refractivity contribution is 0.400. The Morgan fingerprint density at radius 2 is 0.938 bits per heavy atom. The van der Waals surface area contributed by atoms with Crippen LogP contribution in [0, 0.1) is 0 Å². The SMILES string of the molecule is C1CCC(c2nc3c(C4CCCCC4)c(C4CCCCC4)c(C4CCCCC4)n3[nH]2)CC1. The lowest BCUT2D eigenvalue weighted by atomic mass is 9.74. The summed E-state index contributed by atoms with van der Waals surface area (Å²) in [5.74, 6) is 4.30. The maximum atomic E-state index is 5.49. The molecule has 0 radical (unpaired) electrons. The van der Waals surface area contributed by atoms with Gasteiger partial charge in [0.1, 0.15) is 5.82 Å². The van der Waals surface area contributed by atoms with Gasteiger partial charge in [-0.15, -0.1) is 0 Å². The van der Waals surface area contributed by atoms with Gasteiger partial charge in [0.05, 0.1) is 0 Å². The average molecular weight is 436 g/mol. The Labute approximate surface area is 195 Å². The summed E-state index contributed by atoms with van der Waals surface area (Å²) in [6.45, 7) is 0. The molecule has 32 heavy (non-hydrogen) atoms. The summed E-state index contributed by atoms with van der Waals surface area (Å²) < 4.78 is 2.59. The molecule has 3 nitrogen and oxygen atoms in total. The quantitative estimate of drug-likeness (QED) is 0.511. The number of rotatable bonds is 4. The lowest BCUT2D eigenvalue weighted by Crippen LogP contribution is -2.16. The van der Waals surface area contributed by atoms with Crippen LogP contribution in [-0.2, 0) is 0 Å². The molecule has 4 saturated carbocycles. The van der Waals surface area contributed by atoms with E-state index in [0.29, 0.717) is 5.92 Å². The van der Waals surface area contributed by atoms with Crippen LogP contribution in [0.5, 0.6) is 0 Å². The minimum Gasteiger partial charge on any atom is -0.279 e. The van der Waals surface area contributed by atoms with E-state index in [1.54, 1.807) is 11.3 Å². The van der Waals surface area contributed by atoms with Crippen LogP contribution in [0.4, 0.5) is 0 Å². The highest BCUT2D eigenvalue weighted by molar-refractivity contribution is 5.61. The molecule has 0 aliphatic heterocycles. The van der Waals surface area contributed by atoms with Crippen molar-refractivity contribution in [3.05, 3.63) is 22.6 Å². The van der Waals surface area contributed by atoms with Crippen LogP contribution in [0.15, 0.2) is 0 Å². The minimum absolute atomic E-state index is 0.667. The number of nitrogens with zero attached hydrogens (tertiary/aromatic N) is 2. The number of hydrogen-bond acceptors (Lipinski definition) is 1. The standard InChI is InChI=1S/C29H45N3/c1-5-13-21(14-6-1)25-26(22-15-7-2-8-16-22)29-30-28(24-19-11-4-12-20-24)31-32(29)27(25)23-17-9-3-10-18-23/h21-24H,1-20H2,(H,30,31). The molecular weight excluding hydrogens is 390 g/mol. The normalized spacial score (nSPS) is 25.6. The fourth-order valence-electron chi connectivity index (χ4n) is 8.04. The second-order valence-corrected chi connectivity index (χ2v) is 11.8. The van der Waals surface area contributed by atoms with Crippen molar-refractivity contribution in [1.29, 1.82) is 0 Å². The first kappa shape index (κ1) is 21.3. The first-order valence-corrected chi connectivity index (χ1v) is 14.5. The van der Waals surface area contributed by atoms with E-state index in [2.05, 4.69) is 9.61 Å².